The highest BCUT2D eigenvalue weighted by atomic mass is 32.1. The van der Waals surface area contributed by atoms with Crippen molar-refractivity contribution in [2.45, 2.75) is 12.5 Å². The van der Waals surface area contributed by atoms with E-state index < -0.39 is 0 Å². The van der Waals surface area contributed by atoms with Gasteiger partial charge in [-0.25, -0.2) is 0 Å². The van der Waals surface area contributed by atoms with Gasteiger partial charge in [0.05, 0.1) is 11.7 Å². The molecule has 5 nitrogen and oxygen atoms in total. The van der Waals surface area contributed by atoms with Crippen LogP contribution in [0.25, 0.3) is 0 Å². The van der Waals surface area contributed by atoms with Crippen LogP contribution in [0.5, 0.6) is 0 Å². The van der Waals surface area contributed by atoms with Gasteiger partial charge in [-0.15, -0.1) is 5.10 Å². The van der Waals surface area contributed by atoms with Crippen LogP contribution >= 0.6 is 11.5 Å². The molecule has 78 valence electrons. The first kappa shape index (κ1) is 10.2. The summed E-state index contributed by atoms with van der Waals surface area (Å²) in [7, 11) is 0. The van der Waals surface area contributed by atoms with Crippen molar-refractivity contribution in [2.24, 2.45) is 5.84 Å². The highest BCUT2D eigenvalue weighted by Crippen LogP contribution is 2.15. The van der Waals surface area contributed by atoms with E-state index in [2.05, 4.69) is 20.0 Å². The maximum Gasteiger partial charge on any atom is 0.0941 e. The average Bonchev–Trinajstić information content (AvgIpc) is 2.81. The predicted molar refractivity (Wildman–Crippen MR) is 57.9 cm³/mol. The monoisotopic (exact) mass is 221 g/mol. The molecule has 2 aromatic heterocycles. The summed E-state index contributed by atoms with van der Waals surface area (Å²) in [5.74, 6) is 5.48. The lowest BCUT2D eigenvalue weighted by molar-refractivity contribution is 0.537. The van der Waals surface area contributed by atoms with Crippen molar-refractivity contribution in [1.82, 2.24) is 20.0 Å². The average molecular weight is 221 g/mol. The maximum absolute atomic E-state index is 5.48. The summed E-state index contributed by atoms with van der Waals surface area (Å²) in [6.45, 7) is 0. The molecular formula is C9H11N5S. The molecule has 6 heteroatoms. The molecule has 0 aliphatic heterocycles. The van der Waals surface area contributed by atoms with Gasteiger partial charge in [-0.1, -0.05) is 4.49 Å². The summed E-state index contributed by atoms with van der Waals surface area (Å²) in [6, 6.07) is 3.93. The number of aromatic nitrogens is 3. The molecule has 0 amide bonds. The van der Waals surface area contributed by atoms with Crippen LogP contribution in [0.4, 0.5) is 0 Å². The van der Waals surface area contributed by atoms with E-state index in [-0.39, 0.29) is 6.04 Å². The number of nitrogens with one attached hydrogen (secondary N) is 1. The number of nitrogens with zero attached hydrogens (tertiary/aromatic N) is 3. The molecule has 0 aliphatic carbocycles. The number of pyridine rings is 1. The van der Waals surface area contributed by atoms with Gasteiger partial charge in [-0.2, -0.15) is 0 Å². The van der Waals surface area contributed by atoms with Gasteiger partial charge in [0.25, 0.3) is 0 Å². The van der Waals surface area contributed by atoms with Crippen molar-refractivity contribution >= 4 is 11.5 Å². The number of hydrazine groups is 1. The molecule has 0 saturated heterocycles. The summed E-state index contributed by atoms with van der Waals surface area (Å²) in [4.78, 5) is 3.96. The Morgan fingerprint density at radius 3 is 2.80 bits per heavy atom. The second kappa shape index (κ2) is 4.92. The van der Waals surface area contributed by atoms with E-state index in [4.69, 9.17) is 5.84 Å². The van der Waals surface area contributed by atoms with Crippen LogP contribution in [0.15, 0.2) is 29.9 Å². The summed E-state index contributed by atoms with van der Waals surface area (Å²) in [5.41, 5.74) is 4.78. The SMILES string of the molecule is NNC(Cc1ccncc1)c1csnn1. The Labute approximate surface area is 91.5 Å². The maximum atomic E-state index is 5.48. The molecule has 2 rings (SSSR count). The first-order valence-corrected chi connectivity index (χ1v) is 5.36. The minimum atomic E-state index is 0.00569. The molecule has 0 fully saturated rings. The van der Waals surface area contributed by atoms with Gasteiger partial charge in [-0.05, 0) is 35.6 Å². The van der Waals surface area contributed by atoms with Gasteiger partial charge < -0.3 is 0 Å². The first-order chi connectivity index (χ1) is 7.40. The molecule has 0 aromatic carbocycles. The molecule has 0 radical (unpaired) electrons. The van der Waals surface area contributed by atoms with E-state index in [0.717, 1.165) is 12.1 Å². The van der Waals surface area contributed by atoms with Crippen LogP contribution in [0, 0.1) is 0 Å². The van der Waals surface area contributed by atoms with Crippen molar-refractivity contribution in [3.63, 3.8) is 0 Å². The summed E-state index contributed by atoms with van der Waals surface area (Å²) >= 11 is 1.32. The second-order valence-corrected chi connectivity index (χ2v) is 3.72. The van der Waals surface area contributed by atoms with E-state index in [1.807, 2.05) is 17.5 Å². The lowest BCUT2D eigenvalue weighted by atomic mass is 10.1. The highest BCUT2D eigenvalue weighted by Gasteiger charge is 2.12. The van der Waals surface area contributed by atoms with Crippen LogP contribution in [0.1, 0.15) is 17.3 Å². The van der Waals surface area contributed by atoms with Crippen LogP contribution in [-0.2, 0) is 6.42 Å². The molecule has 3 N–H and O–H groups in total. The van der Waals surface area contributed by atoms with Crippen LogP contribution in [0.3, 0.4) is 0 Å². The first-order valence-electron chi connectivity index (χ1n) is 4.52. The number of nitrogens with two attached hydrogens (primary N) is 1. The fourth-order valence-corrected chi connectivity index (χ4v) is 1.84. The Kier molecular flexibility index (Phi) is 3.33. The Hall–Kier alpha value is -1.37. The van der Waals surface area contributed by atoms with Crippen molar-refractivity contribution in [3.05, 3.63) is 41.2 Å². The van der Waals surface area contributed by atoms with Crippen LogP contribution < -0.4 is 11.3 Å². The Morgan fingerprint density at radius 2 is 2.20 bits per heavy atom. The van der Waals surface area contributed by atoms with E-state index in [1.54, 1.807) is 12.4 Å². The largest absolute Gasteiger partial charge is 0.271 e. The Balaban J connectivity index is 2.10. The zero-order chi connectivity index (χ0) is 10.5. The number of hydrogen-bond acceptors (Lipinski definition) is 6. The number of hydrogen-bond donors (Lipinski definition) is 2. The van der Waals surface area contributed by atoms with Crippen molar-refractivity contribution in [2.75, 3.05) is 0 Å². The molecule has 1 unspecified atom stereocenters. The molecule has 2 aromatic rings. The lowest BCUT2D eigenvalue weighted by Gasteiger charge is -2.12. The van der Waals surface area contributed by atoms with E-state index in [0.29, 0.717) is 0 Å². The van der Waals surface area contributed by atoms with Gasteiger partial charge >= 0.3 is 0 Å². The molecule has 1 atom stereocenters. The lowest BCUT2D eigenvalue weighted by Crippen LogP contribution is -2.29. The van der Waals surface area contributed by atoms with Crippen LogP contribution in [-0.4, -0.2) is 14.6 Å². The minimum absolute atomic E-state index is 0.00569. The third kappa shape index (κ3) is 2.56. The summed E-state index contributed by atoms with van der Waals surface area (Å²) in [5, 5.41) is 5.89. The molecule has 0 aliphatic rings. The molecule has 2 heterocycles. The van der Waals surface area contributed by atoms with Crippen LogP contribution in [0.2, 0.25) is 0 Å². The van der Waals surface area contributed by atoms with E-state index >= 15 is 0 Å². The minimum Gasteiger partial charge on any atom is -0.271 e. The van der Waals surface area contributed by atoms with E-state index in [1.165, 1.54) is 17.1 Å². The summed E-state index contributed by atoms with van der Waals surface area (Å²) in [6.07, 6.45) is 4.31. The topological polar surface area (TPSA) is 76.7 Å². The Morgan fingerprint density at radius 1 is 1.40 bits per heavy atom. The quantitative estimate of drug-likeness (QED) is 0.586. The highest BCUT2D eigenvalue weighted by molar-refractivity contribution is 7.03. The van der Waals surface area contributed by atoms with Gasteiger partial charge in [0.1, 0.15) is 0 Å². The molecular weight excluding hydrogens is 210 g/mol. The zero-order valence-electron chi connectivity index (χ0n) is 8.00. The number of rotatable bonds is 4. The smallest absolute Gasteiger partial charge is 0.0941 e. The van der Waals surface area contributed by atoms with E-state index in [9.17, 15) is 0 Å². The van der Waals surface area contributed by atoms with Gasteiger partial charge in [-0.3, -0.25) is 16.3 Å². The van der Waals surface area contributed by atoms with Gasteiger partial charge in [0.2, 0.25) is 0 Å². The Bertz CT molecular complexity index is 388. The molecule has 15 heavy (non-hydrogen) atoms. The molecule has 0 bridgehead atoms. The fourth-order valence-electron chi connectivity index (χ4n) is 1.33. The standard InChI is InChI=1S/C9H11N5S/c10-12-8(9-6-15-14-13-9)5-7-1-3-11-4-2-7/h1-4,6,8,12H,5,10H2. The van der Waals surface area contributed by atoms with Crippen molar-refractivity contribution in [3.8, 4) is 0 Å². The summed E-state index contributed by atoms with van der Waals surface area (Å²) < 4.78 is 3.82. The van der Waals surface area contributed by atoms with Crippen molar-refractivity contribution < 1.29 is 0 Å². The normalized spacial score (nSPS) is 12.6. The molecule has 0 spiro atoms. The predicted octanol–water partition coefficient (Wildman–Crippen LogP) is 0.680. The second-order valence-electron chi connectivity index (χ2n) is 3.11. The third-order valence-corrected chi connectivity index (χ3v) is 2.65. The van der Waals surface area contributed by atoms with Gasteiger partial charge in [0.15, 0.2) is 0 Å². The zero-order valence-corrected chi connectivity index (χ0v) is 8.81. The van der Waals surface area contributed by atoms with Crippen molar-refractivity contribution in [1.29, 1.82) is 0 Å². The third-order valence-electron chi connectivity index (χ3n) is 2.12. The van der Waals surface area contributed by atoms with Gasteiger partial charge in [0, 0.05) is 17.8 Å². The fraction of sp³-hybridized carbons (Fsp3) is 0.222. The molecule has 0 saturated carbocycles.